The maximum absolute atomic E-state index is 12.4. The lowest BCUT2D eigenvalue weighted by molar-refractivity contribution is -0.902. The molecule has 0 aliphatic heterocycles. The van der Waals surface area contributed by atoms with Gasteiger partial charge in [0.2, 0.25) is 23.8 Å². The van der Waals surface area contributed by atoms with Gasteiger partial charge in [-0.2, -0.15) is 0 Å². The summed E-state index contributed by atoms with van der Waals surface area (Å²) < 4.78 is 1.56. The van der Waals surface area contributed by atoms with Crippen molar-refractivity contribution < 1.29 is 14.4 Å². The van der Waals surface area contributed by atoms with Crippen molar-refractivity contribution in [2.24, 2.45) is 0 Å². The molecular formula is C16H18NO2+. The smallest absolute Gasteiger partial charge is 0.236 e. The number of ketones is 1. The zero-order valence-corrected chi connectivity index (χ0v) is 11.5. The Labute approximate surface area is 113 Å². The highest BCUT2D eigenvalue weighted by Crippen LogP contribution is 2.13. The maximum Gasteiger partial charge on any atom is 0.236 e. The van der Waals surface area contributed by atoms with Crippen LogP contribution in [0, 0.1) is 6.92 Å². The highest BCUT2D eigenvalue weighted by molar-refractivity contribution is 6.01. The van der Waals surface area contributed by atoms with Gasteiger partial charge in [-0.15, -0.1) is 0 Å². The first-order valence-electron chi connectivity index (χ1n) is 6.26. The van der Waals surface area contributed by atoms with Crippen LogP contribution in [0.3, 0.4) is 0 Å². The van der Waals surface area contributed by atoms with Crippen molar-refractivity contribution in [3.63, 3.8) is 0 Å². The molecule has 0 aliphatic rings. The summed E-state index contributed by atoms with van der Waals surface area (Å²) >= 11 is 0. The third kappa shape index (κ3) is 3.19. The second-order valence-electron chi connectivity index (χ2n) is 5.03. The van der Waals surface area contributed by atoms with Crippen LogP contribution in [-0.2, 0) is 0 Å². The summed E-state index contributed by atoms with van der Waals surface area (Å²) in [5, 5.41) is 0. The van der Waals surface area contributed by atoms with Crippen LogP contribution in [0.1, 0.15) is 29.8 Å². The van der Waals surface area contributed by atoms with Crippen molar-refractivity contribution in [1.29, 1.82) is 0 Å². The number of rotatable bonds is 4. The molecule has 19 heavy (non-hydrogen) atoms. The third-order valence-corrected chi connectivity index (χ3v) is 2.89. The van der Waals surface area contributed by atoms with E-state index in [-0.39, 0.29) is 5.78 Å². The largest absolute Gasteiger partial charge is 0.289 e. The molecule has 1 aromatic carbocycles. The van der Waals surface area contributed by atoms with Crippen molar-refractivity contribution in [2.75, 3.05) is 0 Å². The summed E-state index contributed by atoms with van der Waals surface area (Å²) in [5.74, 6) is -0.0406. The molecule has 0 unspecified atom stereocenters. The summed E-state index contributed by atoms with van der Waals surface area (Å²) in [7, 11) is 0. The Morgan fingerprint density at radius 3 is 2.21 bits per heavy atom. The fraction of sp³-hybridized carbons (Fsp3) is 0.250. The van der Waals surface area contributed by atoms with Crippen LogP contribution in [0.25, 0.3) is 0 Å². The quantitative estimate of drug-likeness (QED) is 0.621. The Bertz CT molecular complexity index is 559. The van der Waals surface area contributed by atoms with Crippen LogP contribution in [0.4, 0.5) is 0 Å². The van der Waals surface area contributed by atoms with Gasteiger partial charge in [-0.1, -0.05) is 30.3 Å². The standard InChI is InChI=1S/C16H18NO2/c1-13-9-11-17(12-10-13)19-16(2,3)15(18)14-7-5-4-6-8-14/h4-12H,1-3H3/q+1. The number of pyridine rings is 1. The molecule has 0 saturated carbocycles. The molecule has 3 nitrogen and oxygen atoms in total. The van der Waals surface area contributed by atoms with Crippen molar-refractivity contribution in [1.82, 2.24) is 0 Å². The van der Waals surface area contributed by atoms with Crippen LogP contribution >= 0.6 is 0 Å². The van der Waals surface area contributed by atoms with Crippen LogP contribution in [0.15, 0.2) is 54.9 Å². The monoisotopic (exact) mass is 256 g/mol. The molecule has 0 atom stereocenters. The van der Waals surface area contributed by atoms with Gasteiger partial charge in [0, 0.05) is 22.4 Å². The first-order chi connectivity index (χ1) is 8.99. The molecule has 0 fully saturated rings. The molecule has 98 valence electrons. The van der Waals surface area contributed by atoms with E-state index < -0.39 is 5.60 Å². The number of nitrogens with zero attached hydrogens (tertiary/aromatic N) is 1. The Morgan fingerprint density at radius 2 is 1.63 bits per heavy atom. The first-order valence-corrected chi connectivity index (χ1v) is 6.26. The lowest BCUT2D eigenvalue weighted by Gasteiger charge is -2.18. The number of carbonyl (C=O) groups excluding carboxylic acids is 1. The van der Waals surface area contributed by atoms with Crippen molar-refractivity contribution >= 4 is 5.78 Å². The number of aryl methyl sites for hydroxylation is 1. The SMILES string of the molecule is Cc1cc[n+](OC(C)(C)C(=O)c2ccccc2)cc1. The van der Waals surface area contributed by atoms with E-state index in [0.717, 1.165) is 5.56 Å². The van der Waals surface area contributed by atoms with Gasteiger partial charge in [0.05, 0.1) is 0 Å². The number of benzene rings is 1. The molecule has 2 aromatic rings. The maximum atomic E-state index is 12.4. The average molecular weight is 256 g/mol. The molecule has 0 aliphatic carbocycles. The molecule has 0 amide bonds. The van der Waals surface area contributed by atoms with Gasteiger partial charge in [0.1, 0.15) is 0 Å². The van der Waals surface area contributed by atoms with Gasteiger partial charge in [0.15, 0.2) is 0 Å². The summed E-state index contributed by atoms with van der Waals surface area (Å²) in [6, 6.07) is 13.1. The molecular weight excluding hydrogens is 238 g/mol. The number of hydrogen-bond acceptors (Lipinski definition) is 2. The highest BCUT2D eigenvalue weighted by Gasteiger charge is 2.35. The van der Waals surface area contributed by atoms with Crippen LogP contribution in [-0.4, -0.2) is 11.4 Å². The fourth-order valence-corrected chi connectivity index (χ4v) is 1.79. The summed E-state index contributed by atoms with van der Waals surface area (Å²) in [4.78, 5) is 18.1. The number of Topliss-reactive ketones (excluding diaryl/α,β-unsaturated/α-hetero) is 1. The minimum atomic E-state index is -0.915. The molecule has 0 bridgehead atoms. The van der Waals surface area contributed by atoms with E-state index in [1.54, 1.807) is 43.1 Å². The zero-order valence-electron chi connectivity index (χ0n) is 11.5. The number of hydrogen-bond donors (Lipinski definition) is 0. The minimum absolute atomic E-state index is 0.0406. The van der Waals surface area contributed by atoms with Gasteiger partial charge in [-0.3, -0.25) is 9.63 Å². The Morgan fingerprint density at radius 1 is 1.05 bits per heavy atom. The van der Waals surface area contributed by atoms with Crippen molar-refractivity contribution in [3.8, 4) is 0 Å². The number of carbonyl (C=O) groups is 1. The average Bonchev–Trinajstić information content (AvgIpc) is 2.41. The van der Waals surface area contributed by atoms with E-state index in [0.29, 0.717) is 5.56 Å². The van der Waals surface area contributed by atoms with E-state index in [1.807, 2.05) is 37.3 Å². The van der Waals surface area contributed by atoms with Gasteiger partial charge in [-0.25, -0.2) is 0 Å². The predicted molar refractivity (Wildman–Crippen MR) is 72.8 cm³/mol. The minimum Gasteiger partial charge on any atom is -0.289 e. The first kappa shape index (κ1) is 13.3. The van der Waals surface area contributed by atoms with Crippen LogP contribution in [0.5, 0.6) is 0 Å². The van der Waals surface area contributed by atoms with Gasteiger partial charge < -0.3 is 0 Å². The van der Waals surface area contributed by atoms with E-state index in [9.17, 15) is 4.79 Å². The molecule has 0 radical (unpaired) electrons. The van der Waals surface area contributed by atoms with Gasteiger partial charge in [0.25, 0.3) is 0 Å². The molecule has 1 aromatic heterocycles. The molecule has 0 N–H and O–H groups in total. The Kier molecular flexibility index (Phi) is 3.65. The Balaban J connectivity index is 2.18. The predicted octanol–water partition coefficient (Wildman–Crippen LogP) is 2.37. The van der Waals surface area contributed by atoms with Gasteiger partial charge >= 0.3 is 0 Å². The Hall–Kier alpha value is -2.16. The summed E-state index contributed by atoms with van der Waals surface area (Å²) in [6.45, 7) is 5.55. The summed E-state index contributed by atoms with van der Waals surface area (Å²) in [5.41, 5.74) is 0.883. The summed E-state index contributed by atoms with van der Waals surface area (Å²) in [6.07, 6.45) is 3.60. The molecule has 2 rings (SSSR count). The lowest BCUT2D eigenvalue weighted by Crippen LogP contribution is -2.56. The highest BCUT2D eigenvalue weighted by atomic mass is 16.7. The lowest BCUT2D eigenvalue weighted by atomic mass is 9.97. The molecule has 0 spiro atoms. The molecule has 0 saturated heterocycles. The molecule has 1 heterocycles. The normalized spacial score (nSPS) is 11.1. The van der Waals surface area contributed by atoms with E-state index in [4.69, 9.17) is 4.84 Å². The van der Waals surface area contributed by atoms with E-state index in [2.05, 4.69) is 0 Å². The second kappa shape index (κ2) is 5.22. The van der Waals surface area contributed by atoms with Crippen molar-refractivity contribution in [3.05, 3.63) is 66.0 Å². The van der Waals surface area contributed by atoms with E-state index >= 15 is 0 Å². The van der Waals surface area contributed by atoms with Crippen LogP contribution in [0.2, 0.25) is 0 Å². The number of aromatic nitrogens is 1. The fourth-order valence-electron chi connectivity index (χ4n) is 1.79. The topological polar surface area (TPSA) is 30.2 Å². The second-order valence-corrected chi connectivity index (χ2v) is 5.03. The van der Waals surface area contributed by atoms with E-state index in [1.165, 1.54) is 0 Å². The third-order valence-electron chi connectivity index (χ3n) is 2.89. The van der Waals surface area contributed by atoms with Crippen molar-refractivity contribution in [2.45, 2.75) is 26.4 Å². The zero-order chi connectivity index (χ0) is 13.9. The van der Waals surface area contributed by atoms with Crippen LogP contribution < -0.4 is 9.57 Å². The van der Waals surface area contributed by atoms with Gasteiger partial charge in [-0.05, 0) is 26.3 Å². The molecule has 3 heteroatoms.